The van der Waals surface area contributed by atoms with E-state index in [1.54, 1.807) is 0 Å². The van der Waals surface area contributed by atoms with Crippen molar-refractivity contribution in [3.63, 3.8) is 0 Å². The Kier molecular flexibility index (Phi) is 15.8. The first-order valence-corrected chi connectivity index (χ1v) is 44.0. The van der Waals surface area contributed by atoms with Gasteiger partial charge in [0.05, 0.1) is 0 Å². The van der Waals surface area contributed by atoms with E-state index >= 15 is 0 Å². The molecule has 4 aromatic heterocycles. The minimum Gasteiger partial charge on any atom is -0.456 e. The van der Waals surface area contributed by atoms with Gasteiger partial charge in [-0.05, 0) is 229 Å². The quantitative estimate of drug-likeness (QED) is 0.142. The number of hydrogen-bond donors (Lipinski definition) is 0. The Morgan fingerprint density at radius 1 is 0.117 bits per heavy atom. The third-order valence-electron chi connectivity index (χ3n) is 27.2. The van der Waals surface area contributed by atoms with Crippen LogP contribution < -0.4 is 0 Å². The van der Waals surface area contributed by atoms with E-state index in [0.717, 1.165) is 121 Å². The Hall–Kier alpha value is -16.9. The average Bonchev–Trinajstić information content (AvgIpc) is 1.40. The van der Waals surface area contributed by atoms with Crippen LogP contribution in [0.2, 0.25) is 0 Å². The van der Waals surface area contributed by atoms with Gasteiger partial charge in [0, 0.05) is 65.3 Å². The van der Waals surface area contributed by atoms with Crippen molar-refractivity contribution in [2.24, 2.45) is 0 Å². The van der Waals surface area contributed by atoms with Crippen LogP contribution in [-0.4, -0.2) is 0 Å². The van der Waals surface area contributed by atoms with Crippen molar-refractivity contribution in [1.29, 1.82) is 0 Å². The lowest BCUT2D eigenvalue weighted by molar-refractivity contribution is 0.669. The van der Waals surface area contributed by atoms with Crippen LogP contribution in [0.3, 0.4) is 0 Å². The van der Waals surface area contributed by atoms with Gasteiger partial charge in [-0.3, -0.25) is 0 Å². The first-order chi connectivity index (χ1) is 63.5. The maximum absolute atomic E-state index is 7.12. The number of fused-ring (bicyclic) bond motifs is 23. The van der Waals surface area contributed by atoms with E-state index in [9.17, 15) is 0 Å². The SMILES string of the molecule is c1ccc(-c2c3ccccc3c(-c3cccc4c3oc3cccc(-c5c6ccccc6c(-c6ccc7oc8cc9ccccc9cc8c7c6)c6ccccc56)c34)c3ccccc23)cc1.c1ccc(-c2c3ccccc3c(-c3cccc4c3oc3cccc(-c5c6ccccc6c(-c6ccc7oc8ccc9ccccc9c8c7c6)c6ccccc56)c34)c3ccccc23)cc1. The molecule has 0 atom stereocenters. The molecule has 4 heterocycles. The fraction of sp³-hybridized carbons (Fsp3) is 0. The summed E-state index contributed by atoms with van der Waals surface area (Å²) in [6.45, 7) is 0. The summed E-state index contributed by atoms with van der Waals surface area (Å²) in [4.78, 5) is 0. The molecule has 28 aromatic rings. The van der Waals surface area contributed by atoms with Crippen LogP contribution in [0.25, 0.3) is 284 Å². The first-order valence-electron chi connectivity index (χ1n) is 44.0. The lowest BCUT2D eigenvalue weighted by atomic mass is 9.84. The topological polar surface area (TPSA) is 52.6 Å². The molecule has 0 aliphatic heterocycles. The van der Waals surface area contributed by atoms with Gasteiger partial charge in [0.2, 0.25) is 0 Å². The van der Waals surface area contributed by atoms with Crippen LogP contribution >= 0.6 is 0 Å². The molecule has 28 rings (SSSR count). The Bertz CT molecular complexity index is 9360. The summed E-state index contributed by atoms with van der Waals surface area (Å²) < 4.78 is 27.2. The zero-order valence-corrected chi connectivity index (χ0v) is 69.2. The lowest BCUT2D eigenvalue weighted by Gasteiger charge is -2.18. The van der Waals surface area contributed by atoms with Gasteiger partial charge >= 0.3 is 0 Å². The van der Waals surface area contributed by atoms with Crippen molar-refractivity contribution in [2.75, 3.05) is 0 Å². The Balaban J connectivity index is 0.000000132. The van der Waals surface area contributed by atoms with Crippen LogP contribution in [-0.2, 0) is 0 Å². The van der Waals surface area contributed by atoms with Crippen molar-refractivity contribution in [2.45, 2.75) is 0 Å². The smallest absolute Gasteiger partial charge is 0.143 e. The third-order valence-corrected chi connectivity index (χ3v) is 27.2. The molecule has 0 spiro atoms. The number of rotatable bonds is 8. The monoisotopic (exact) mass is 1620 g/mol. The molecule has 0 unspecified atom stereocenters. The number of para-hydroxylation sites is 2. The third kappa shape index (κ3) is 10.8. The summed E-state index contributed by atoms with van der Waals surface area (Å²) >= 11 is 0. The van der Waals surface area contributed by atoms with E-state index in [-0.39, 0.29) is 0 Å². The van der Waals surface area contributed by atoms with Crippen LogP contribution in [0.5, 0.6) is 0 Å². The molecule has 0 saturated carbocycles. The van der Waals surface area contributed by atoms with Gasteiger partial charge in [-0.1, -0.05) is 382 Å². The molecule has 4 nitrogen and oxygen atoms in total. The minimum absolute atomic E-state index is 0.871. The predicted molar refractivity (Wildman–Crippen MR) is 541 cm³/mol. The Labute approximate surface area is 733 Å². The molecule has 0 bridgehead atoms. The van der Waals surface area contributed by atoms with E-state index < -0.39 is 0 Å². The minimum atomic E-state index is 0.871. The van der Waals surface area contributed by atoms with Crippen molar-refractivity contribution in [3.05, 3.63) is 437 Å². The molecule has 0 amide bonds. The van der Waals surface area contributed by atoms with E-state index in [0.29, 0.717) is 0 Å². The van der Waals surface area contributed by atoms with E-state index in [4.69, 9.17) is 17.7 Å². The highest BCUT2D eigenvalue weighted by Gasteiger charge is 2.29. The standard InChI is InChI=1S/2C62H36O2/c1-2-17-38(18-3-1)56-41-20-6-12-26-47(41)59(48-27-13-7-21-42(48)56)50-29-14-30-51-61-49(28-15-31-54(61)64-62(50)51)58-45-24-10-8-22-43(45)57(44-23-9-11-25-46(44)58)39-33-34-53-52(36-39)60-40-19-5-4-16-37(40)32-35-55(60)63-53;1-2-16-37(17-3-1)57-41-20-6-12-26-47(41)60(48-27-13-7-21-42(48)57)50-29-14-30-51-61-49(28-15-31-55(61)64-62(50)51)59-45-24-10-8-22-43(45)58(44-23-9-11-25-46(44)59)40-32-33-54-52(35-40)53-34-38-18-4-5-19-39(38)36-56(53)63-54/h2*1-36H. The fourth-order valence-corrected chi connectivity index (χ4v) is 22.0. The number of benzene rings is 24. The number of furan rings is 4. The molecule has 0 radical (unpaired) electrons. The van der Waals surface area contributed by atoms with Crippen LogP contribution in [0.1, 0.15) is 0 Å². The highest BCUT2D eigenvalue weighted by molar-refractivity contribution is 6.33. The molecular formula is C124H72O4. The van der Waals surface area contributed by atoms with E-state index in [2.05, 4.69) is 437 Å². The van der Waals surface area contributed by atoms with Crippen LogP contribution in [0.15, 0.2) is 454 Å². The van der Waals surface area contributed by atoms with Crippen molar-refractivity contribution in [1.82, 2.24) is 0 Å². The van der Waals surface area contributed by atoms with Crippen LogP contribution in [0, 0.1) is 0 Å². The molecular weight excluding hydrogens is 1550 g/mol. The van der Waals surface area contributed by atoms with Crippen molar-refractivity contribution < 1.29 is 17.7 Å². The Morgan fingerprint density at radius 3 is 0.797 bits per heavy atom. The molecule has 0 saturated heterocycles. The van der Waals surface area contributed by atoms with E-state index in [1.807, 2.05) is 0 Å². The molecule has 0 aliphatic rings. The predicted octanol–water partition coefficient (Wildman–Crippen LogP) is 35.8. The highest BCUT2D eigenvalue weighted by Crippen LogP contribution is 2.55. The zero-order valence-electron chi connectivity index (χ0n) is 69.2. The average molecular weight is 1630 g/mol. The van der Waals surface area contributed by atoms with Gasteiger partial charge in [-0.25, -0.2) is 0 Å². The van der Waals surface area contributed by atoms with Gasteiger partial charge in [0.15, 0.2) is 0 Å². The normalized spacial score (nSPS) is 12.1. The fourth-order valence-electron chi connectivity index (χ4n) is 22.0. The summed E-state index contributed by atoms with van der Waals surface area (Å²) in [5.74, 6) is 0. The summed E-state index contributed by atoms with van der Waals surface area (Å²) in [5, 5.41) is 33.1. The zero-order chi connectivity index (χ0) is 83.8. The maximum atomic E-state index is 7.12. The molecule has 0 aliphatic carbocycles. The molecule has 0 N–H and O–H groups in total. The van der Waals surface area contributed by atoms with Crippen molar-refractivity contribution >= 4 is 195 Å². The second-order valence-electron chi connectivity index (χ2n) is 34.0. The molecule has 0 fully saturated rings. The molecule has 592 valence electrons. The highest BCUT2D eigenvalue weighted by atomic mass is 16.3. The van der Waals surface area contributed by atoms with Crippen LogP contribution in [0.4, 0.5) is 0 Å². The summed E-state index contributed by atoms with van der Waals surface area (Å²) in [7, 11) is 0. The van der Waals surface area contributed by atoms with Gasteiger partial charge in [-0.2, -0.15) is 0 Å². The largest absolute Gasteiger partial charge is 0.456 e. The Morgan fingerprint density at radius 2 is 0.391 bits per heavy atom. The first kappa shape index (κ1) is 71.6. The summed E-state index contributed by atoms with van der Waals surface area (Å²) in [6.07, 6.45) is 0. The second kappa shape index (κ2) is 28.3. The molecule has 4 heteroatoms. The number of hydrogen-bond acceptors (Lipinski definition) is 4. The summed E-state index contributed by atoms with van der Waals surface area (Å²) in [5.41, 5.74) is 26.1. The van der Waals surface area contributed by atoms with Gasteiger partial charge in [-0.15, -0.1) is 0 Å². The summed E-state index contributed by atoms with van der Waals surface area (Å²) in [6, 6.07) is 158. The molecule has 128 heavy (non-hydrogen) atoms. The second-order valence-corrected chi connectivity index (χ2v) is 34.0. The van der Waals surface area contributed by atoms with Crippen molar-refractivity contribution in [3.8, 4) is 89.0 Å². The van der Waals surface area contributed by atoms with Gasteiger partial charge in [0.25, 0.3) is 0 Å². The molecule has 24 aromatic carbocycles. The lowest BCUT2D eigenvalue weighted by Crippen LogP contribution is -1.91. The van der Waals surface area contributed by atoms with Gasteiger partial charge in [0.1, 0.15) is 44.7 Å². The van der Waals surface area contributed by atoms with E-state index in [1.165, 1.54) is 163 Å². The van der Waals surface area contributed by atoms with Gasteiger partial charge < -0.3 is 17.7 Å². The maximum Gasteiger partial charge on any atom is 0.143 e.